The summed E-state index contributed by atoms with van der Waals surface area (Å²) in [5.41, 5.74) is 0.554. The first-order chi connectivity index (χ1) is 14.9. The number of hydrogen-bond donors (Lipinski definition) is 1. The Morgan fingerprint density at radius 1 is 0.969 bits per heavy atom. The van der Waals surface area contributed by atoms with Crippen molar-refractivity contribution in [2.45, 2.75) is 32.2 Å². The maximum absolute atomic E-state index is 13.1. The van der Waals surface area contributed by atoms with Crippen LogP contribution in [0.3, 0.4) is 0 Å². The summed E-state index contributed by atoms with van der Waals surface area (Å²) in [4.78, 5) is 0. The van der Waals surface area contributed by atoms with Crippen LogP contribution < -0.4 is 5.32 Å². The number of benzene rings is 1. The molecule has 3 heterocycles. The molecule has 1 N–H and O–H groups in total. The lowest BCUT2D eigenvalue weighted by molar-refractivity contribution is -0.146. The lowest BCUT2D eigenvalue weighted by Gasteiger charge is -2.15. The van der Waals surface area contributed by atoms with Gasteiger partial charge in [-0.05, 0) is 44.2 Å². The highest BCUT2D eigenvalue weighted by Gasteiger charge is 2.37. The van der Waals surface area contributed by atoms with E-state index in [0.717, 1.165) is 12.1 Å². The fourth-order valence-electron chi connectivity index (χ4n) is 3.26. The fourth-order valence-corrected chi connectivity index (χ4v) is 3.26. The van der Waals surface area contributed by atoms with E-state index in [-0.39, 0.29) is 17.2 Å². The van der Waals surface area contributed by atoms with Crippen LogP contribution in [0.25, 0.3) is 11.3 Å². The van der Waals surface area contributed by atoms with Crippen molar-refractivity contribution in [2.24, 2.45) is 0 Å². The molecule has 0 aliphatic rings. The summed E-state index contributed by atoms with van der Waals surface area (Å²) in [6, 6.07) is 7.06. The molecule has 0 saturated carbocycles. The molecule has 0 bridgehead atoms. The Bertz CT molecular complexity index is 1270. The summed E-state index contributed by atoms with van der Waals surface area (Å²) in [6.45, 7) is 3.40. The van der Waals surface area contributed by atoms with Crippen molar-refractivity contribution in [3.8, 4) is 5.69 Å². The SMILES string of the molecule is Cc1c([C@@H](C)Nc2ccc3nnc(C(F)(F)F)n3n2)cnn1-c1cccc(C(F)(F)F)c1. The molecule has 0 amide bonds. The van der Waals surface area contributed by atoms with Crippen molar-refractivity contribution < 1.29 is 26.3 Å². The second-order valence-corrected chi connectivity index (χ2v) is 7.02. The average molecular weight is 455 g/mol. The smallest absolute Gasteiger partial charge is 0.362 e. The summed E-state index contributed by atoms with van der Waals surface area (Å²) in [5.74, 6) is -1.13. The van der Waals surface area contributed by atoms with Crippen molar-refractivity contribution in [1.82, 2.24) is 29.6 Å². The van der Waals surface area contributed by atoms with Gasteiger partial charge in [0.05, 0.1) is 23.5 Å². The van der Waals surface area contributed by atoms with Crippen LogP contribution >= 0.6 is 0 Å². The Morgan fingerprint density at radius 2 is 1.72 bits per heavy atom. The first-order valence-electron chi connectivity index (χ1n) is 9.23. The average Bonchev–Trinajstić information content (AvgIpc) is 3.30. The van der Waals surface area contributed by atoms with Gasteiger partial charge in [0.2, 0.25) is 0 Å². The van der Waals surface area contributed by atoms with Crippen LogP contribution in [0.4, 0.5) is 32.2 Å². The molecular formula is C19H15F6N7. The first kappa shape index (κ1) is 21.6. The number of rotatable bonds is 4. The standard InChI is InChI=1S/C19H15F6N7/c1-10(27-15-6-7-16-28-29-17(19(23,24)25)32(16)30-15)14-9-26-31(11(14)2)13-5-3-4-12(8-13)18(20,21)22/h3-10H,1-2H3,(H,27,30)/t10-/m1/s1. The molecular weight excluding hydrogens is 440 g/mol. The minimum absolute atomic E-state index is 0.0657. The lowest BCUT2D eigenvalue weighted by atomic mass is 10.1. The summed E-state index contributed by atoms with van der Waals surface area (Å²) >= 11 is 0. The molecule has 32 heavy (non-hydrogen) atoms. The van der Waals surface area contributed by atoms with E-state index in [1.54, 1.807) is 13.8 Å². The van der Waals surface area contributed by atoms with E-state index in [2.05, 4.69) is 25.7 Å². The number of fused-ring (bicyclic) bond motifs is 1. The summed E-state index contributed by atoms with van der Waals surface area (Å²) in [7, 11) is 0. The van der Waals surface area contributed by atoms with E-state index >= 15 is 0 Å². The molecule has 0 aliphatic heterocycles. The second kappa shape index (κ2) is 7.50. The third-order valence-electron chi connectivity index (χ3n) is 4.81. The zero-order chi connectivity index (χ0) is 23.3. The predicted octanol–water partition coefficient (Wildman–Crippen LogP) is 4.83. The molecule has 0 spiro atoms. The Hall–Kier alpha value is -3.64. The Kier molecular flexibility index (Phi) is 5.06. The van der Waals surface area contributed by atoms with Crippen LogP contribution in [0.5, 0.6) is 0 Å². The molecule has 3 aromatic heterocycles. The quantitative estimate of drug-likeness (QED) is 0.447. The van der Waals surface area contributed by atoms with Gasteiger partial charge in [-0.1, -0.05) is 6.07 Å². The van der Waals surface area contributed by atoms with Gasteiger partial charge in [0.25, 0.3) is 5.82 Å². The van der Waals surface area contributed by atoms with Crippen LogP contribution in [-0.2, 0) is 12.4 Å². The normalized spacial score (nSPS) is 13.5. The topological polar surface area (TPSA) is 72.9 Å². The maximum Gasteiger partial charge on any atom is 0.453 e. The number of hydrogen-bond acceptors (Lipinski definition) is 5. The van der Waals surface area contributed by atoms with Crippen LogP contribution in [0, 0.1) is 6.92 Å². The second-order valence-electron chi connectivity index (χ2n) is 7.02. The van der Waals surface area contributed by atoms with Crippen molar-refractivity contribution in [3.63, 3.8) is 0 Å². The number of nitrogens with zero attached hydrogens (tertiary/aromatic N) is 6. The molecule has 0 aliphatic carbocycles. The third kappa shape index (κ3) is 3.97. The molecule has 4 aromatic rings. The highest BCUT2D eigenvalue weighted by molar-refractivity contribution is 5.46. The zero-order valence-electron chi connectivity index (χ0n) is 16.6. The van der Waals surface area contributed by atoms with E-state index in [1.807, 2.05) is 0 Å². The summed E-state index contributed by atoms with van der Waals surface area (Å²) < 4.78 is 80.2. The van der Waals surface area contributed by atoms with Crippen LogP contribution in [0.2, 0.25) is 0 Å². The van der Waals surface area contributed by atoms with Crippen molar-refractivity contribution in [1.29, 1.82) is 0 Å². The molecule has 168 valence electrons. The van der Waals surface area contributed by atoms with Crippen LogP contribution in [0.1, 0.15) is 35.6 Å². The minimum atomic E-state index is -4.72. The van der Waals surface area contributed by atoms with Gasteiger partial charge in [-0.15, -0.1) is 15.3 Å². The molecule has 1 atom stereocenters. The summed E-state index contributed by atoms with van der Waals surface area (Å²) in [5, 5.41) is 17.6. The third-order valence-corrected chi connectivity index (χ3v) is 4.81. The van der Waals surface area contributed by atoms with E-state index in [1.165, 1.54) is 35.1 Å². The number of alkyl halides is 6. The minimum Gasteiger partial charge on any atom is -0.362 e. The van der Waals surface area contributed by atoms with Gasteiger partial charge in [0, 0.05) is 11.3 Å². The predicted molar refractivity (Wildman–Crippen MR) is 101 cm³/mol. The summed E-state index contributed by atoms with van der Waals surface area (Å²) in [6.07, 6.45) is -7.73. The van der Waals surface area contributed by atoms with E-state index in [4.69, 9.17) is 0 Å². The molecule has 7 nitrogen and oxygen atoms in total. The molecule has 0 fully saturated rings. The van der Waals surface area contributed by atoms with Gasteiger partial charge in [-0.25, -0.2) is 4.68 Å². The zero-order valence-corrected chi connectivity index (χ0v) is 16.6. The molecule has 13 heteroatoms. The Morgan fingerprint density at radius 3 is 2.41 bits per heavy atom. The van der Waals surface area contributed by atoms with Gasteiger partial charge in [-0.2, -0.15) is 36.0 Å². The molecule has 0 unspecified atom stereocenters. The number of halogens is 6. The van der Waals surface area contributed by atoms with Crippen molar-refractivity contribution in [2.75, 3.05) is 5.32 Å². The van der Waals surface area contributed by atoms with Crippen molar-refractivity contribution in [3.05, 3.63) is 65.2 Å². The van der Waals surface area contributed by atoms with E-state index in [9.17, 15) is 26.3 Å². The largest absolute Gasteiger partial charge is 0.453 e. The van der Waals surface area contributed by atoms with Gasteiger partial charge in [0.15, 0.2) is 5.65 Å². The number of nitrogens with one attached hydrogen (secondary N) is 1. The van der Waals surface area contributed by atoms with E-state index in [0.29, 0.717) is 15.8 Å². The van der Waals surface area contributed by atoms with Gasteiger partial charge < -0.3 is 5.32 Å². The highest BCUT2D eigenvalue weighted by atomic mass is 19.4. The van der Waals surface area contributed by atoms with Crippen molar-refractivity contribution >= 4 is 11.5 Å². The Labute approximate surface area is 176 Å². The van der Waals surface area contributed by atoms with Crippen LogP contribution in [-0.4, -0.2) is 29.6 Å². The maximum atomic E-state index is 13.1. The molecule has 4 rings (SSSR count). The molecule has 0 saturated heterocycles. The molecule has 1 aromatic carbocycles. The monoisotopic (exact) mass is 455 g/mol. The fraction of sp³-hybridized carbons (Fsp3) is 0.263. The first-order valence-corrected chi connectivity index (χ1v) is 9.23. The molecule has 0 radical (unpaired) electrons. The number of aromatic nitrogens is 6. The highest BCUT2D eigenvalue weighted by Crippen LogP contribution is 2.31. The van der Waals surface area contributed by atoms with Gasteiger partial charge >= 0.3 is 12.4 Å². The van der Waals surface area contributed by atoms with Gasteiger partial charge in [-0.3, -0.25) is 0 Å². The van der Waals surface area contributed by atoms with Gasteiger partial charge in [0.1, 0.15) is 5.82 Å². The lowest BCUT2D eigenvalue weighted by Crippen LogP contribution is -2.15. The number of anilines is 1. The van der Waals surface area contributed by atoms with Crippen LogP contribution in [0.15, 0.2) is 42.6 Å². The Balaban J connectivity index is 1.62. The van der Waals surface area contributed by atoms with E-state index < -0.39 is 29.8 Å².